The molecular formula is C25H27FN4O2. The molecule has 166 valence electrons. The normalized spacial score (nSPS) is 30.0. The lowest BCUT2D eigenvalue weighted by Gasteiger charge is -2.31. The summed E-state index contributed by atoms with van der Waals surface area (Å²) in [5.41, 5.74) is 2.57. The maximum absolute atomic E-state index is 13.2. The monoisotopic (exact) mass is 434 g/mol. The van der Waals surface area contributed by atoms with Crippen molar-refractivity contribution >= 4 is 23.2 Å². The first kappa shape index (κ1) is 20.7. The average Bonchev–Trinajstić information content (AvgIpc) is 3.37. The van der Waals surface area contributed by atoms with Crippen molar-refractivity contribution in [2.24, 2.45) is 17.3 Å². The third kappa shape index (κ3) is 3.99. The van der Waals surface area contributed by atoms with Crippen LogP contribution in [0.2, 0.25) is 0 Å². The Morgan fingerprint density at radius 1 is 1.22 bits per heavy atom. The second-order valence-corrected chi connectivity index (χ2v) is 9.69. The van der Waals surface area contributed by atoms with Crippen molar-refractivity contribution in [1.82, 2.24) is 10.3 Å². The summed E-state index contributed by atoms with van der Waals surface area (Å²) < 4.78 is 13.2. The van der Waals surface area contributed by atoms with E-state index in [1.807, 2.05) is 36.4 Å². The fourth-order valence-electron chi connectivity index (χ4n) is 4.83. The first-order valence-corrected chi connectivity index (χ1v) is 11.1. The van der Waals surface area contributed by atoms with Gasteiger partial charge in [0.25, 0.3) is 0 Å². The predicted octanol–water partition coefficient (Wildman–Crippen LogP) is 4.00. The van der Waals surface area contributed by atoms with Crippen molar-refractivity contribution in [1.29, 1.82) is 0 Å². The number of pyridine rings is 1. The summed E-state index contributed by atoms with van der Waals surface area (Å²) in [7, 11) is 0. The molecular weight excluding hydrogens is 407 g/mol. The van der Waals surface area contributed by atoms with Gasteiger partial charge in [0.15, 0.2) is 0 Å². The smallest absolute Gasteiger partial charge is 0.231 e. The van der Waals surface area contributed by atoms with E-state index in [9.17, 15) is 14.0 Å². The lowest BCUT2D eigenvalue weighted by atomic mass is 9.74. The molecule has 2 aromatic rings. The van der Waals surface area contributed by atoms with Crippen LogP contribution >= 0.6 is 0 Å². The number of nitrogens with zero attached hydrogens (tertiary/aromatic N) is 1. The molecule has 1 aromatic heterocycles. The Balaban J connectivity index is 1.46. The Morgan fingerprint density at radius 3 is 2.69 bits per heavy atom. The summed E-state index contributed by atoms with van der Waals surface area (Å²) >= 11 is 0. The summed E-state index contributed by atoms with van der Waals surface area (Å²) in [6.07, 6.45) is 3.50. The molecule has 0 spiro atoms. The van der Waals surface area contributed by atoms with Gasteiger partial charge >= 0.3 is 0 Å². The maximum Gasteiger partial charge on any atom is 0.231 e. The Kier molecular flexibility index (Phi) is 4.99. The Morgan fingerprint density at radius 2 is 1.97 bits per heavy atom. The molecule has 3 aliphatic rings. The van der Waals surface area contributed by atoms with Gasteiger partial charge in [0.05, 0.1) is 23.9 Å². The molecule has 0 bridgehead atoms. The Bertz CT molecular complexity index is 1080. The van der Waals surface area contributed by atoms with E-state index < -0.39 is 12.1 Å². The number of alkyl halides is 1. The van der Waals surface area contributed by atoms with Crippen LogP contribution in [0.4, 0.5) is 15.9 Å². The molecule has 5 rings (SSSR count). The number of rotatable bonds is 5. The number of Topliss-reactive ketones (excluding diaryl/α,β-unsaturated/α-hetero) is 1. The first-order chi connectivity index (χ1) is 15.3. The highest BCUT2D eigenvalue weighted by atomic mass is 19.1. The topological polar surface area (TPSA) is 83.1 Å². The van der Waals surface area contributed by atoms with E-state index in [4.69, 9.17) is 0 Å². The number of amides is 1. The number of nitrogens with one attached hydrogen (secondary N) is 3. The SMILES string of the molecule is CC1(C)C=C2N[C@H](c3ccnc(NC(=O)C4C[C@H]4F)c3)C(Nc3ccccc3)C2C(=O)C1. The molecule has 6 nitrogen and oxygen atoms in total. The van der Waals surface area contributed by atoms with Gasteiger partial charge in [0, 0.05) is 24.0 Å². The highest BCUT2D eigenvalue weighted by molar-refractivity contribution is 5.94. The summed E-state index contributed by atoms with van der Waals surface area (Å²) in [5, 5.41) is 9.85. The van der Waals surface area contributed by atoms with Crippen LogP contribution in [-0.4, -0.2) is 28.9 Å². The van der Waals surface area contributed by atoms with E-state index in [2.05, 4.69) is 40.9 Å². The summed E-state index contributed by atoms with van der Waals surface area (Å²) in [6, 6.07) is 13.1. The number of aromatic nitrogens is 1. The van der Waals surface area contributed by atoms with E-state index in [1.165, 1.54) is 0 Å². The fourth-order valence-corrected chi connectivity index (χ4v) is 4.83. The van der Waals surface area contributed by atoms with Crippen LogP contribution in [0.3, 0.4) is 0 Å². The Labute approximate surface area is 186 Å². The van der Waals surface area contributed by atoms with Crippen LogP contribution in [0, 0.1) is 17.3 Å². The maximum atomic E-state index is 13.2. The minimum atomic E-state index is -1.06. The lowest BCUT2D eigenvalue weighted by molar-refractivity contribution is -0.124. The minimum Gasteiger partial charge on any atom is -0.379 e. The van der Waals surface area contributed by atoms with E-state index in [1.54, 1.807) is 12.3 Å². The molecule has 5 atom stereocenters. The van der Waals surface area contributed by atoms with E-state index in [0.717, 1.165) is 16.9 Å². The van der Waals surface area contributed by atoms with E-state index >= 15 is 0 Å². The van der Waals surface area contributed by atoms with Crippen LogP contribution in [-0.2, 0) is 9.59 Å². The van der Waals surface area contributed by atoms with Crippen LogP contribution in [0.5, 0.6) is 0 Å². The molecule has 3 N–H and O–H groups in total. The molecule has 2 aliphatic carbocycles. The molecule has 32 heavy (non-hydrogen) atoms. The number of hydrogen-bond acceptors (Lipinski definition) is 5. The van der Waals surface area contributed by atoms with Crippen molar-refractivity contribution in [3.8, 4) is 0 Å². The highest BCUT2D eigenvalue weighted by Gasteiger charge is 2.48. The third-order valence-electron chi connectivity index (χ3n) is 6.45. The number of carbonyl (C=O) groups excluding carboxylic acids is 2. The zero-order valence-electron chi connectivity index (χ0n) is 18.1. The van der Waals surface area contributed by atoms with Crippen LogP contribution in [0.1, 0.15) is 38.3 Å². The standard InChI is InChI=1S/C25H27FN4O2/c1-25(2)12-18-21(19(31)13-25)23(28-15-6-4-3-5-7-15)22(29-18)14-8-9-27-20(10-14)30-24(32)16-11-17(16)26/h3-10,12,16-17,21-23,28-29H,11,13H2,1-2H3,(H,27,30,32)/t16?,17-,21?,22-,23?/m1/s1. The molecule has 1 amide bonds. The van der Waals surface area contributed by atoms with Crippen molar-refractivity contribution in [2.45, 2.75) is 44.9 Å². The number of halogens is 1. The molecule has 2 fully saturated rings. The van der Waals surface area contributed by atoms with Crippen molar-refractivity contribution < 1.29 is 14.0 Å². The van der Waals surface area contributed by atoms with Crippen LogP contribution in [0.15, 0.2) is 60.4 Å². The molecule has 1 saturated carbocycles. The molecule has 2 heterocycles. The van der Waals surface area contributed by atoms with Crippen LogP contribution < -0.4 is 16.0 Å². The number of hydrogen-bond donors (Lipinski definition) is 3. The largest absolute Gasteiger partial charge is 0.379 e. The van der Waals surface area contributed by atoms with Crippen molar-refractivity contribution in [3.63, 3.8) is 0 Å². The second kappa shape index (κ2) is 7.73. The zero-order chi connectivity index (χ0) is 22.5. The number of para-hydroxylation sites is 1. The summed E-state index contributed by atoms with van der Waals surface area (Å²) in [4.78, 5) is 29.6. The number of anilines is 2. The van der Waals surface area contributed by atoms with Gasteiger partial charge in [0.2, 0.25) is 5.91 Å². The molecule has 3 unspecified atom stereocenters. The number of allylic oxidation sites excluding steroid dienone is 1. The molecule has 1 saturated heterocycles. The fraction of sp³-hybridized carbons (Fsp3) is 0.400. The van der Waals surface area contributed by atoms with Gasteiger partial charge in [-0.3, -0.25) is 9.59 Å². The minimum absolute atomic E-state index is 0.196. The van der Waals surface area contributed by atoms with E-state index in [0.29, 0.717) is 12.2 Å². The van der Waals surface area contributed by atoms with Gasteiger partial charge in [0.1, 0.15) is 17.8 Å². The first-order valence-electron chi connectivity index (χ1n) is 11.1. The van der Waals surface area contributed by atoms with Crippen molar-refractivity contribution in [3.05, 3.63) is 66.0 Å². The third-order valence-corrected chi connectivity index (χ3v) is 6.45. The molecule has 7 heteroatoms. The van der Waals surface area contributed by atoms with E-state index in [-0.39, 0.29) is 41.5 Å². The Hall–Kier alpha value is -3.22. The summed E-state index contributed by atoms with van der Waals surface area (Å²) in [5.74, 6) is -0.596. The second-order valence-electron chi connectivity index (χ2n) is 9.69. The average molecular weight is 435 g/mol. The number of carbonyl (C=O) groups is 2. The van der Waals surface area contributed by atoms with Gasteiger partial charge in [-0.2, -0.15) is 0 Å². The molecule has 1 aromatic carbocycles. The zero-order valence-corrected chi connectivity index (χ0v) is 18.1. The van der Waals surface area contributed by atoms with Gasteiger partial charge in [-0.05, 0) is 41.7 Å². The predicted molar refractivity (Wildman–Crippen MR) is 121 cm³/mol. The lowest BCUT2D eigenvalue weighted by Crippen LogP contribution is -2.38. The van der Waals surface area contributed by atoms with Crippen LogP contribution in [0.25, 0.3) is 0 Å². The van der Waals surface area contributed by atoms with Crippen molar-refractivity contribution in [2.75, 3.05) is 10.6 Å². The molecule has 0 radical (unpaired) electrons. The van der Waals surface area contributed by atoms with Gasteiger partial charge in [-0.15, -0.1) is 0 Å². The van der Waals surface area contributed by atoms with Gasteiger partial charge < -0.3 is 16.0 Å². The number of fused-ring (bicyclic) bond motifs is 1. The molecule has 1 aliphatic heterocycles. The van der Waals surface area contributed by atoms with Gasteiger partial charge in [-0.1, -0.05) is 38.1 Å². The highest BCUT2D eigenvalue weighted by Crippen LogP contribution is 2.44. The summed E-state index contributed by atoms with van der Waals surface area (Å²) in [6.45, 7) is 4.14. The number of benzene rings is 1. The van der Waals surface area contributed by atoms with Gasteiger partial charge in [-0.25, -0.2) is 9.37 Å². The quantitative estimate of drug-likeness (QED) is 0.663. The number of ketones is 1.